The second kappa shape index (κ2) is 13.4. The minimum absolute atomic E-state index is 0.000393. The van der Waals surface area contributed by atoms with E-state index in [0.717, 1.165) is 25.7 Å². The number of hydrogen-bond acceptors (Lipinski definition) is 0. The Morgan fingerprint density at radius 3 is 1.71 bits per heavy atom. The SMILES string of the molecule is CC1(C)C2=C(CCC(C3=c4ccccc4=C(C4=CC=C(c5c6ccccc6c(C6=CC=CCC6)c6ccccc56)C5C=CC=CC45)C4C=CC=CC34)=C2)c2ccccc21. The Hall–Kier alpha value is -6.24. The predicted molar refractivity (Wildman–Crippen MR) is 251 cm³/mol. The van der Waals surface area contributed by atoms with Crippen molar-refractivity contribution >= 4 is 49.4 Å². The van der Waals surface area contributed by atoms with Gasteiger partial charge < -0.3 is 0 Å². The van der Waals surface area contributed by atoms with Crippen LogP contribution in [0.3, 0.4) is 0 Å². The molecule has 0 saturated carbocycles. The predicted octanol–water partition coefficient (Wildman–Crippen LogP) is 13.2. The van der Waals surface area contributed by atoms with Crippen LogP contribution in [0, 0.1) is 23.7 Å². The lowest BCUT2D eigenvalue weighted by Gasteiger charge is -2.40. The standard InChI is InChI=1S/C59H48/c1-59(2)53-31-17-16-22-41(53)42-33-32-38(36-54(42)59)56-45-25-10-14-29-49(45)58(50-30-15-11-26-46(50)56)52-35-34-51(39-20-6-7-21-40(39)52)57-47-27-12-8-23-43(47)55(37-18-4-3-5-19-37)44-24-9-13-28-48(44)57/h3-4,6-18,20-31,34-36,39-40,45,49H,5,19,32-33H2,1-2H3. The molecule has 0 heterocycles. The number of rotatable bonds is 4. The van der Waals surface area contributed by atoms with Crippen molar-refractivity contribution in [2.45, 2.75) is 44.9 Å². The highest BCUT2D eigenvalue weighted by Crippen LogP contribution is 2.55. The van der Waals surface area contributed by atoms with Gasteiger partial charge in [0.05, 0.1) is 0 Å². The van der Waals surface area contributed by atoms with Crippen LogP contribution >= 0.6 is 0 Å². The van der Waals surface area contributed by atoms with E-state index in [9.17, 15) is 0 Å². The van der Waals surface area contributed by atoms with Crippen molar-refractivity contribution in [3.8, 4) is 0 Å². The molecule has 5 aromatic rings. The van der Waals surface area contributed by atoms with Gasteiger partial charge in [0.25, 0.3) is 0 Å². The zero-order chi connectivity index (χ0) is 39.2. The van der Waals surface area contributed by atoms with Crippen molar-refractivity contribution < 1.29 is 0 Å². The van der Waals surface area contributed by atoms with Crippen LogP contribution in [0.2, 0.25) is 0 Å². The van der Waals surface area contributed by atoms with Gasteiger partial charge in [-0.2, -0.15) is 0 Å². The molecule has 284 valence electrons. The monoisotopic (exact) mass is 756 g/mol. The topological polar surface area (TPSA) is 0 Å². The zero-order valence-corrected chi connectivity index (χ0v) is 34.0. The van der Waals surface area contributed by atoms with E-state index in [0.29, 0.717) is 0 Å². The van der Waals surface area contributed by atoms with Gasteiger partial charge in [0, 0.05) is 29.1 Å². The normalized spacial score (nSPS) is 24.6. The summed E-state index contributed by atoms with van der Waals surface area (Å²) in [6.07, 6.45) is 38.0. The smallest absolute Gasteiger partial charge is 0.0155 e. The van der Waals surface area contributed by atoms with Crippen molar-refractivity contribution in [1.29, 1.82) is 0 Å². The molecule has 0 bridgehead atoms. The molecule has 0 fully saturated rings. The number of allylic oxidation sites excluding steroid dienone is 20. The number of fused-ring (bicyclic) bond motifs is 7. The Morgan fingerprint density at radius 1 is 0.475 bits per heavy atom. The summed E-state index contributed by atoms with van der Waals surface area (Å²) in [5, 5.41) is 8.23. The second-order valence-electron chi connectivity index (χ2n) is 18.0. The van der Waals surface area contributed by atoms with Gasteiger partial charge >= 0.3 is 0 Å². The quantitative estimate of drug-likeness (QED) is 0.160. The van der Waals surface area contributed by atoms with Crippen molar-refractivity contribution in [3.63, 3.8) is 0 Å². The fourth-order valence-corrected chi connectivity index (χ4v) is 12.1. The van der Waals surface area contributed by atoms with Crippen LogP contribution in [0.15, 0.2) is 199 Å². The Kier molecular flexibility index (Phi) is 7.90. The largest absolute Gasteiger partial charge is 0.0842 e. The Labute approximate surface area is 348 Å². The molecule has 0 amide bonds. The van der Waals surface area contributed by atoms with Gasteiger partial charge in [0.15, 0.2) is 0 Å². The van der Waals surface area contributed by atoms with Gasteiger partial charge in [-0.3, -0.25) is 0 Å². The van der Waals surface area contributed by atoms with Crippen LogP contribution < -0.4 is 10.4 Å². The molecule has 5 aromatic carbocycles. The van der Waals surface area contributed by atoms with Crippen LogP contribution in [-0.2, 0) is 5.41 Å². The summed E-state index contributed by atoms with van der Waals surface area (Å²) in [6, 6.07) is 36.9. The Balaban J connectivity index is 1.08. The summed E-state index contributed by atoms with van der Waals surface area (Å²) in [4.78, 5) is 0. The molecule has 7 aliphatic rings. The summed E-state index contributed by atoms with van der Waals surface area (Å²) in [6.45, 7) is 4.85. The lowest BCUT2D eigenvalue weighted by molar-refractivity contribution is 0.620. The molecule has 0 heteroatoms. The minimum Gasteiger partial charge on any atom is -0.0842 e. The molecule has 0 aliphatic heterocycles. The summed E-state index contributed by atoms with van der Waals surface area (Å²) in [7, 11) is 0. The third-order valence-corrected chi connectivity index (χ3v) is 14.7. The molecule has 0 spiro atoms. The van der Waals surface area contributed by atoms with Gasteiger partial charge in [0.2, 0.25) is 0 Å². The van der Waals surface area contributed by atoms with Gasteiger partial charge in [-0.1, -0.05) is 196 Å². The Morgan fingerprint density at radius 2 is 1.03 bits per heavy atom. The first-order valence-electron chi connectivity index (χ1n) is 21.9. The van der Waals surface area contributed by atoms with Crippen molar-refractivity contribution in [1.82, 2.24) is 0 Å². The van der Waals surface area contributed by atoms with Crippen LogP contribution in [-0.4, -0.2) is 0 Å². The van der Waals surface area contributed by atoms with E-state index in [1.54, 1.807) is 5.57 Å². The average Bonchev–Trinajstić information content (AvgIpc) is 3.52. The Bertz CT molecular complexity index is 3070. The molecular formula is C59H48. The highest BCUT2D eigenvalue weighted by molar-refractivity contribution is 6.16. The summed E-state index contributed by atoms with van der Waals surface area (Å²) in [5.41, 5.74) is 17.6. The maximum Gasteiger partial charge on any atom is 0.0155 e. The molecule has 0 N–H and O–H groups in total. The third kappa shape index (κ3) is 5.15. The first kappa shape index (κ1) is 34.8. The van der Waals surface area contributed by atoms with E-state index in [-0.39, 0.29) is 29.1 Å². The summed E-state index contributed by atoms with van der Waals surface area (Å²) < 4.78 is 0. The van der Waals surface area contributed by atoms with Gasteiger partial charge in [-0.05, 0) is 125 Å². The molecule has 4 atom stereocenters. The first-order valence-corrected chi connectivity index (χ1v) is 21.9. The van der Waals surface area contributed by atoms with E-state index in [2.05, 4.69) is 196 Å². The molecule has 0 aromatic heterocycles. The van der Waals surface area contributed by atoms with Gasteiger partial charge in [0.1, 0.15) is 0 Å². The maximum atomic E-state index is 2.61. The summed E-state index contributed by atoms with van der Waals surface area (Å²) in [5.74, 6) is 0.989. The van der Waals surface area contributed by atoms with Crippen LogP contribution in [0.4, 0.5) is 0 Å². The fraction of sp³-hybridized carbons (Fsp3) is 0.186. The lowest BCUT2D eigenvalue weighted by atomic mass is 9.63. The van der Waals surface area contributed by atoms with E-state index in [1.807, 2.05) is 0 Å². The molecule has 0 saturated heterocycles. The third-order valence-electron chi connectivity index (χ3n) is 14.7. The van der Waals surface area contributed by atoms with Gasteiger partial charge in [-0.15, -0.1) is 0 Å². The van der Waals surface area contributed by atoms with E-state index >= 15 is 0 Å². The fourth-order valence-electron chi connectivity index (χ4n) is 12.1. The summed E-state index contributed by atoms with van der Waals surface area (Å²) >= 11 is 0. The highest BCUT2D eigenvalue weighted by Gasteiger charge is 2.42. The zero-order valence-electron chi connectivity index (χ0n) is 34.0. The minimum atomic E-state index is -0.000393. The average molecular weight is 757 g/mol. The highest BCUT2D eigenvalue weighted by atomic mass is 14.4. The van der Waals surface area contributed by atoms with Crippen molar-refractivity contribution in [2.75, 3.05) is 0 Å². The molecule has 7 aliphatic carbocycles. The van der Waals surface area contributed by atoms with Crippen LogP contribution in [0.25, 0.3) is 49.4 Å². The van der Waals surface area contributed by atoms with E-state index < -0.39 is 0 Å². The molecule has 4 unspecified atom stereocenters. The molecule has 0 nitrogen and oxygen atoms in total. The maximum absolute atomic E-state index is 2.61. The van der Waals surface area contributed by atoms with Gasteiger partial charge in [-0.25, -0.2) is 0 Å². The second-order valence-corrected chi connectivity index (χ2v) is 18.0. The van der Waals surface area contributed by atoms with Crippen molar-refractivity contribution in [3.05, 3.63) is 232 Å². The molecule has 12 rings (SSSR count). The number of hydrogen-bond donors (Lipinski definition) is 0. The van der Waals surface area contributed by atoms with Crippen LogP contribution in [0.5, 0.6) is 0 Å². The molecule has 59 heavy (non-hydrogen) atoms. The van der Waals surface area contributed by atoms with Crippen molar-refractivity contribution in [2.24, 2.45) is 23.7 Å². The lowest BCUT2D eigenvalue weighted by Crippen LogP contribution is -2.42. The van der Waals surface area contributed by atoms with Crippen LogP contribution in [0.1, 0.15) is 61.8 Å². The van der Waals surface area contributed by atoms with E-state index in [4.69, 9.17) is 0 Å². The molecular weight excluding hydrogens is 709 g/mol. The first-order chi connectivity index (χ1) is 29.1. The molecule has 0 radical (unpaired) electrons. The van der Waals surface area contributed by atoms with E-state index in [1.165, 1.54) is 93.2 Å². The number of benzene rings is 5.